The Balaban J connectivity index is 1.81. The Labute approximate surface area is 118 Å². The van der Waals surface area contributed by atoms with Crippen molar-refractivity contribution in [3.63, 3.8) is 0 Å². The van der Waals surface area contributed by atoms with Crippen molar-refractivity contribution in [3.05, 3.63) is 41.9 Å². The molecule has 1 atom stereocenters. The third-order valence-corrected chi connectivity index (χ3v) is 3.19. The molecule has 5 nitrogen and oxygen atoms in total. The van der Waals surface area contributed by atoms with E-state index in [4.69, 9.17) is 4.74 Å². The van der Waals surface area contributed by atoms with Crippen molar-refractivity contribution < 1.29 is 14.6 Å². The van der Waals surface area contributed by atoms with Crippen molar-refractivity contribution in [1.82, 2.24) is 10.3 Å². The molecule has 2 rings (SSSR count). The SMILES string of the molecule is O=C(NCC(CO)Cc1ccccn1)C1=CCCCO1. The Bertz CT molecular complexity index is 459. The van der Waals surface area contributed by atoms with Gasteiger partial charge in [0.25, 0.3) is 5.91 Å². The fourth-order valence-corrected chi connectivity index (χ4v) is 2.06. The smallest absolute Gasteiger partial charge is 0.286 e. The van der Waals surface area contributed by atoms with E-state index in [0.29, 0.717) is 25.3 Å². The van der Waals surface area contributed by atoms with Crippen molar-refractivity contribution in [1.29, 1.82) is 0 Å². The number of carbonyl (C=O) groups excluding carboxylic acids is 1. The van der Waals surface area contributed by atoms with Crippen LogP contribution in [-0.4, -0.2) is 35.8 Å². The van der Waals surface area contributed by atoms with Gasteiger partial charge in [-0.3, -0.25) is 9.78 Å². The molecule has 0 aromatic carbocycles. The predicted octanol–water partition coefficient (Wildman–Crippen LogP) is 1.04. The number of nitrogens with zero attached hydrogens (tertiary/aromatic N) is 1. The average molecular weight is 276 g/mol. The first-order valence-electron chi connectivity index (χ1n) is 6.91. The molecule has 2 heterocycles. The van der Waals surface area contributed by atoms with Crippen LogP contribution >= 0.6 is 0 Å². The Morgan fingerprint density at radius 2 is 2.40 bits per heavy atom. The minimum absolute atomic E-state index is 0.0107. The fourth-order valence-electron chi connectivity index (χ4n) is 2.06. The second kappa shape index (κ2) is 7.65. The minimum Gasteiger partial charge on any atom is -0.488 e. The van der Waals surface area contributed by atoms with Crippen molar-refractivity contribution >= 4 is 5.91 Å². The lowest BCUT2D eigenvalue weighted by Crippen LogP contribution is -2.34. The van der Waals surface area contributed by atoms with E-state index in [1.165, 1.54) is 0 Å². The summed E-state index contributed by atoms with van der Waals surface area (Å²) in [7, 11) is 0. The van der Waals surface area contributed by atoms with Crippen LogP contribution in [0.25, 0.3) is 0 Å². The molecule has 0 saturated carbocycles. The number of nitrogens with one attached hydrogen (secondary N) is 1. The number of carbonyl (C=O) groups is 1. The summed E-state index contributed by atoms with van der Waals surface area (Å²) in [4.78, 5) is 16.1. The third kappa shape index (κ3) is 4.35. The first kappa shape index (κ1) is 14.5. The van der Waals surface area contributed by atoms with Crippen molar-refractivity contribution in [2.75, 3.05) is 19.8 Å². The summed E-state index contributed by atoms with van der Waals surface area (Å²) in [6.07, 6.45) is 6.00. The lowest BCUT2D eigenvalue weighted by atomic mass is 10.0. The monoisotopic (exact) mass is 276 g/mol. The largest absolute Gasteiger partial charge is 0.488 e. The highest BCUT2D eigenvalue weighted by Crippen LogP contribution is 2.10. The van der Waals surface area contributed by atoms with Crippen LogP contribution in [0.1, 0.15) is 18.5 Å². The van der Waals surface area contributed by atoms with E-state index >= 15 is 0 Å². The normalized spacial score (nSPS) is 15.9. The molecule has 0 bridgehead atoms. The number of ether oxygens (including phenoxy) is 1. The molecule has 1 aliphatic rings. The van der Waals surface area contributed by atoms with Crippen molar-refractivity contribution in [3.8, 4) is 0 Å². The van der Waals surface area contributed by atoms with Crippen LogP contribution < -0.4 is 5.32 Å². The molecule has 2 N–H and O–H groups in total. The maximum atomic E-state index is 11.9. The third-order valence-electron chi connectivity index (χ3n) is 3.19. The number of hydrogen-bond acceptors (Lipinski definition) is 4. The molecule has 0 radical (unpaired) electrons. The number of allylic oxidation sites excluding steroid dienone is 1. The summed E-state index contributed by atoms with van der Waals surface area (Å²) >= 11 is 0. The molecule has 1 aliphatic heterocycles. The molecule has 0 aliphatic carbocycles. The molecule has 0 saturated heterocycles. The van der Waals surface area contributed by atoms with Gasteiger partial charge >= 0.3 is 0 Å². The Morgan fingerprint density at radius 3 is 3.05 bits per heavy atom. The van der Waals surface area contributed by atoms with Gasteiger partial charge in [-0.1, -0.05) is 6.07 Å². The number of pyridine rings is 1. The van der Waals surface area contributed by atoms with Gasteiger partial charge in [0.05, 0.1) is 6.61 Å². The topological polar surface area (TPSA) is 71.5 Å². The van der Waals surface area contributed by atoms with Gasteiger partial charge in [0.2, 0.25) is 0 Å². The fraction of sp³-hybridized carbons (Fsp3) is 0.467. The van der Waals surface area contributed by atoms with Gasteiger partial charge in [0.15, 0.2) is 5.76 Å². The van der Waals surface area contributed by atoms with Crippen LogP contribution in [0, 0.1) is 5.92 Å². The van der Waals surface area contributed by atoms with Crippen LogP contribution in [0.15, 0.2) is 36.2 Å². The van der Waals surface area contributed by atoms with Gasteiger partial charge in [-0.2, -0.15) is 0 Å². The van der Waals surface area contributed by atoms with Crippen LogP contribution in [0.3, 0.4) is 0 Å². The predicted molar refractivity (Wildman–Crippen MR) is 74.8 cm³/mol. The molecule has 1 aromatic rings. The quantitative estimate of drug-likeness (QED) is 0.814. The molecular weight excluding hydrogens is 256 g/mol. The van der Waals surface area contributed by atoms with Gasteiger partial charge in [-0.05, 0) is 37.5 Å². The van der Waals surface area contributed by atoms with E-state index < -0.39 is 0 Å². The first-order valence-corrected chi connectivity index (χ1v) is 6.91. The summed E-state index contributed by atoms with van der Waals surface area (Å²) in [5.41, 5.74) is 0.911. The second-order valence-electron chi connectivity index (χ2n) is 4.84. The lowest BCUT2D eigenvalue weighted by molar-refractivity contribution is -0.121. The van der Waals surface area contributed by atoms with E-state index in [1.807, 2.05) is 24.3 Å². The van der Waals surface area contributed by atoms with Gasteiger partial charge in [-0.15, -0.1) is 0 Å². The molecule has 1 amide bonds. The first-order chi connectivity index (χ1) is 9.79. The minimum atomic E-state index is -0.204. The van der Waals surface area contributed by atoms with Crippen LogP contribution in [0.4, 0.5) is 0 Å². The number of aromatic nitrogens is 1. The highest BCUT2D eigenvalue weighted by Gasteiger charge is 2.16. The lowest BCUT2D eigenvalue weighted by Gasteiger charge is -2.17. The molecule has 20 heavy (non-hydrogen) atoms. The van der Waals surface area contributed by atoms with Crippen molar-refractivity contribution in [2.45, 2.75) is 19.3 Å². The van der Waals surface area contributed by atoms with Crippen LogP contribution in [0.2, 0.25) is 0 Å². The van der Waals surface area contributed by atoms with E-state index in [9.17, 15) is 9.90 Å². The van der Waals surface area contributed by atoms with Gasteiger partial charge in [-0.25, -0.2) is 0 Å². The summed E-state index contributed by atoms with van der Waals surface area (Å²) in [6, 6.07) is 5.68. The summed E-state index contributed by atoms with van der Waals surface area (Å²) in [6.45, 7) is 1.01. The number of aliphatic hydroxyl groups excluding tert-OH is 1. The average Bonchev–Trinajstić information content (AvgIpc) is 2.53. The maximum absolute atomic E-state index is 11.9. The second-order valence-corrected chi connectivity index (χ2v) is 4.84. The number of hydrogen-bond donors (Lipinski definition) is 2. The zero-order chi connectivity index (χ0) is 14.2. The number of aliphatic hydroxyl groups is 1. The van der Waals surface area contributed by atoms with E-state index in [-0.39, 0.29) is 18.4 Å². The molecule has 1 unspecified atom stereocenters. The Kier molecular flexibility index (Phi) is 5.55. The zero-order valence-electron chi connectivity index (χ0n) is 11.4. The standard InChI is InChI=1S/C15H20N2O3/c18-11-12(9-13-5-1-3-7-16-13)10-17-15(19)14-6-2-4-8-20-14/h1,3,5-7,12,18H,2,4,8-11H2,(H,17,19). The van der Waals surface area contributed by atoms with Crippen LogP contribution in [0.5, 0.6) is 0 Å². The molecule has 5 heteroatoms. The zero-order valence-corrected chi connectivity index (χ0v) is 11.4. The van der Waals surface area contributed by atoms with E-state index in [1.54, 1.807) is 6.20 Å². The molecule has 1 aromatic heterocycles. The van der Waals surface area contributed by atoms with Gasteiger partial charge < -0.3 is 15.2 Å². The van der Waals surface area contributed by atoms with Crippen molar-refractivity contribution in [2.24, 2.45) is 5.92 Å². The molecule has 108 valence electrons. The number of rotatable bonds is 6. The Morgan fingerprint density at radius 1 is 1.50 bits per heavy atom. The van der Waals surface area contributed by atoms with E-state index in [2.05, 4.69) is 10.3 Å². The number of amides is 1. The molecule has 0 fully saturated rings. The van der Waals surface area contributed by atoms with Crippen LogP contribution in [-0.2, 0) is 16.0 Å². The Hall–Kier alpha value is -1.88. The molecule has 0 spiro atoms. The van der Waals surface area contributed by atoms with E-state index in [0.717, 1.165) is 18.5 Å². The summed E-state index contributed by atoms with van der Waals surface area (Å²) < 4.78 is 5.30. The van der Waals surface area contributed by atoms with Gasteiger partial charge in [0.1, 0.15) is 0 Å². The summed E-state index contributed by atoms with van der Waals surface area (Å²) in [5, 5.41) is 12.2. The van der Waals surface area contributed by atoms with Gasteiger partial charge in [0, 0.05) is 31.0 Å². The highest BCUT2D eigenvalue weighted by molar-refractivity contribution is 5.91. The summed E-state index contributed by atoms with van der Waals surface area (Å²) in [5.74, 6) is 0.146. The maximum Gasteiger partial charge on any atom is 0.286 e. The highest BCUT2D eigenvalue weighted by atomic mass is 16.5. The molecular formula is C15H20N2O3.